The van der Waals surface area contributed by atoms with Crippen LogP contribution in [0.15, 0.2) is 156 Å². The van der Waals surface area contributed by atoms with Crippen molar-refractivity contribution in [2.45, 2.75) is 0 Å². The van der Waals surface area contributed by atoms with Gasteiger partial charge in [-0.2, -0.15) is 0 Å². The smallest absolute Gasteiger partial charge is 0.167 e. The quantitative estimate of drug-likeness (QED) is 0.212. The molecule has 0 fully saturated rings. The van der Waals surface area contributed by atoms with Crippen molar-refractivity contribution in [3.63, 3.8) is 0 Å². The summed E-state index contributed by atoms with van der Waals surface area (Å²) in [6.07, 6.45) is 0. The van der Waals surface area contributed by atoms with Crippen LogP contribution in [0.4, 0.5) is 0 Å². The number of fused-ring (bicyclic) bond motifs is 3. The monoisotopic (exact) mass is 556 g/mol. The first-order valence-electron chi connectivity index (χ1n) is 16.4. The number of para-hydroxylation sites is 1. The standard InChI is InChI=1S/C39H25N3O/c1-4-11-26(12-5-1)28-19-21-30(22-20-28)38-40-37(29-15-8-3-9-16-29)41-39(42-38)33-18-10-17-32-34-25-31(27-13-6-2-7-14-27)23-24-35(34)43-36(32)33/h1-25H/i1D,4D,5D,11D,12D. The van der Waals surface area contributed by atoms with Gasteiger partial charge in [0.2, 0.25) is 0 Å². The van der Waals surface area contributed by atoms with Crippen LogP contribution >= 0.6 is 0 Å². The average Bonchev–Trinajstić information content (AvgIpc) is 3.52. The molecule has 0 radical (unpaired) electrons. The van der Waals surface area contributed by atoms with Crippen molar-refractivity contribution in [2.24, 2.45) is 0 Å². The molecule has 0 atom stereocenters. The van der Waals surface area contributed by atoms with Gasteiger partial charge in [0, 0.05) is 21.9 Å². The van der Waals surface area contributed by atoms with Crippen molar-refractivity contribution in [2.75, 3.05) is 0 Å². The fraction of sp³-hybridized carbons (Fsp3) is 0. The van der Waals surface area contributed by atoms with Crippen LogP contribution in [0, 0.1) is 0 Å². The maximum absolute atomic E-state index is 8.38. The molecule has 0 aliphatic rings. The Kier molecular flexibility index (Phi) is 4.91. The Morgan fingerprint density at radius 3 is 1.74 bits per heavy atom. The van der Waals surface area contributed by atoms with E-state index in [1.807, 2.05) is 72.8 Å². The van der Waals surface area contributed by atoms with Gasteiger partial charge in [0.15, 0.2) is 17.5 Å². The van der Waals surface area contributed by atoms with Crippen molar-refractivity contribution in [3.8, 4) is 56.4 Å². The minimum Gasteiger partial charge on any atom is -0.455 e. The minimum absolute atomic E-state index is 0.140. The van der Waals surface area contributed by atoms with E-state index in [0.29, 0.717) is 34.2 Å². The van der Waals surface area contributed by atoms with Gasteiger partial charge in [0.25, 0.3) is 0 Å². The van der Waals surface area contributed by atoms with E-state index in [-0.39, 0.29) is 29.7 Å². The fourth-order valence-electron chi connectivity index (χ4n) is 5.31. The highest BCUT2D eigenvalue weighted by molar-refractivity contribution is 6.10. The van der Waals surface area contributed by atoms with E-state index in [0.717, 1.165) is 38.6 Å². The molecule has 2 heterocycles. The zero-order valence-electron chi connectivity index (χ0n) is 27.8. The van der Waals surface area contributed by atoms with Gasteiger partial charge in [-0.05, 0) is 40.5 Å². The lowest BCUT2D eigenvalue weighted by Gasteiger charge is -2.09. The van der Waals surface area contributed by atoms with Gasteiger partial charge >= 0.3 is 0 Å². The molecular weight excluding hydrogens is 526 g/mol. The van der Waals surface area contributed by atoms with Crippen LogP contribution in [-0.2, 0) is 0 Å². The fourth-order valence-corrected chi connectivity index (χ4v) is 5.31. The van der Waals surface area contributed by atoms with E-state index in [2.05, 4.69) is 24.3 Å². The van der Waals surface area contributed by atoms with Gasteiger partial charge in [-0.3, -0.25) is 0 Å². The van der Waals surface area contributed by atoms with Crippen LogP contribution in [-0.4, -0.2) is 15.0 Å². The molecule has 8 aromatic rings. The van der Waals surface area contributed by atoms with E-state index >= 15 is 0 Å². The molecule has 4 nitrogen and oxygen atoms in total. The van der Waals surface area contributed by atoms with Gasteiger partial charge in [-0.15, -0.1) is 0 Å². The highest BCUT2D eigenvalue weighted by Crippen LogP contribution is 2.37. The van der Waals surface area contributed by atoms with E-state index < -0.39 is 6.04 Å². The molecule has 0 saturated heterocycles. The van der Waals surface area contributed by atoms with Crippen LogP contribution < -0.4 is 0 Å². The Morgan fingerprint density at radius 2 is 1.02 bits per heavy atom. The molecule has 0 N–H and O–H groups in total. The highest BCUT2D eigenvalue weighted by Gasteiger charge is 2.18. The molecule has 8 rings (SSSR count). The Bertz CT molecular complexity index is 2470. The Hall–Kier alpha value is -5.87. The summed E-state index contributed by atoms with van der Waals surface area (Å²) in [5.74, 6) is 1.36. The van der Waals surface area contributed by atoms with Crippen LogP contribution in [0.3, 0.4) is 0 Å². The third kappa shape index (κ3) is 4.65. The SMILES string of the molecule is [2H]c1c([2H])c([2H])c(-c2ccc(-c3nc(-c4ccccc4)nc(-c4cccc5c4oc4ccc(-c6ccccc6)cc45)n3)cc2)c([2H])c1[2H]. The second-order valence-corrected chi connectivity index (χ2v) is 10.1. The summed E-state index contributed by atoms with van der Waals surface area (Å²) in [6, 6.07) is 37.4. The number of hydrogen-bond donors (Lipinski definition) is 0. The average molecular weight is 557 g/mol. The van der Waals surface area contributed by atoms with Crippen molar-refractivity contribution in [3.05, 3.63) is 152 Å². The summed E-state index contributed by atoms with van der Waals surface area (Å²) in [5.41, 5.74) is 6.51. The van der Waals surface area contributed by atoms with E-state index in [9.17, 15) is 0 Å². The number of benzene rings is 6. The number of rotatable bonds is 5. The molecule has 202 valence electrons. The molecule has 0 bridgehead atoms. The van der Waals surface area contributed by atoms with Crippen LogP contribution in [0.25, 0.3) is 78.4 Å². The lowest BCUT2D eigenvalue weighted by Crippen LogP contribution is -2.00. The summed E-state index contributed by atoms with van der Waals surface area (Å²) in [6.45, 7) is 0. The summed E-state index contributed by atoms with van der Waals surface area (Å²) in [5, 5.41) is 1.94. The Morgan fingerprint density at radius 1 is 0.442 bits per heavy atom. The summed E-state index contributed by atoms with van der Waals surface area (Å²) >= 11 is 0. The van der Waals surface area contributed by atoms with Crippen LogP contribution in [0.5, 0.6) is 0 Å². The maximum Gasteiger partial charge on any atom is 0.167 e. The number of nitrogens with zero attached hydrogens (tertiary/aromatic N) is 3. The van der Waals surface area contributed by atoms with E-state index in [1.165, 1.54) is 0 Å². The van der Waals surface area contributed by atoms with Gasteiger partial charge in [0.1, 0.15) is 11.2 Å². The molecular formula is C39H25N3O. The van der Waals surface area contributed by atoms with Crippen LogP contribution in [0.2, 0.25) is 0 Å². The van der Waals surface area contributed by atoms with Crippen molar-refractivity contribution >= 4 is 21.9 Å². The predicted molar refractivity (Wildman–Crippen MR) is 174 cm³/mol. The minimum atomic E-state index is -0.423. The number of hydrogen-bond acceptors (Lipinski definition) is 4. The first-order chi connectivity index (χ1) is 23.4. The van der Waals surface area contributed by atoms with Crippen molar-refractivity contribution in [1.29, 1.82) is 0 Å². The Balaban J connectivity index is 1.27. The zero-order valence-corrected chi connectivity index (χ0v) is 22.8. The molecule has 0 aliphatic carbocycles. The molecule has 4 heteroatoms. The van der Waals surface area contributed by atoms with Crippen LogP contribution in [0.1, 0.15) is 6.85 Å². The number of aromatic nitrogens is 3. The lowest BCUT2D eigenvalue weighted by atomic mass is 10.0. The second-order valence-electron chi connectivity index (χ2n) is 10.1. The summed E-state index contributed by atoms with van der Waals surface area (Å²) in [7, 11) is 0. The molecule has 2 aromatic heterocycles. The third-order valence-corrected chi connectivity index (χ3v) is 7.44. The van der Waals surface area contributed by atoms with Gasteiger partial charge in [-0.25, -0.2) is 15.0 Å². The second kappa shape index (κ2) is 10.5. The molecule has 0 spiro atoms. The molecule has 6 aromatic carbocycles. The third-order valence-electron chi connectivity index (χ3n) is 7.44. The molecule has 0 unspecified atom stereocenters. The number of furan rings is 1. The summed E-state index contributed by atoms with van der Waals surface area (Å²) in [4.78, 5) is 14.7. The summed E-state index contributed by atoms with van der Waals surface area (Å²) < 4.78 is 47.3. The Labute approximate surface area is 256 Å². The zero-order chi connectivity index (χ0) is 32.9. The maximum atomic E-state index is 8.38. The van der Waals surface area contributed by atoms with Gasteiger partial charge in [-0.1, -0.05) is 133 Å². The topological polar surface area (TPSA) is 51.8 Å². The predicted octanol–water partition coefficient (Wildman–Crippen LogP) is 10.1. The van der Waals surface area contributed by atoms with Crippen molar-refractivity contribution < 1.29 is 11.3 Å². The van der Waals surface area contributed by atoms with Crippen molar-refractivity contribution in [1.82, 2.24) is 15.0 Å². The van der Waals surface area contributed by atoms with E-state index in [4.69, 9.17) is 26.2 Å². The highest BCUT2D eigenvalue weighted by atomic mass is 16.3. The van der Waals surface area contributed by atoms with E-state index in [1.54, 1.807) is 24.3 Å². The first kappa shape index (κ1) is 20.1. The molecule has 0 amide bonds. The first-order valence-corrected chi connectivity index (χ1v) is 13.9. The largest absolute Gasteiger partial charge is 0.455 e. The lowest BCUT2D eigenvalue weighted by molar-refractivity contribution is 0.669. The molecule has 0 saturated carbocycles. The van der Waals surface area contributed by atoms with Gasteiger partial charge in [0.05, 0.1) is 12.4 Å². The normalized spacial score (nSPS) is 12.9. The molecule has 0 aliphatic heterocycles. The molecule has 43 heavy (non-hydrogen) atoms. The van der Waals surface area contributed by atoms with Gasteiger partial charge < -0.3 is 4.42 Å².